The average Bonchev–Trinajstić information content (AvgIpc) is 2.31. The fraction of sp³-hybridized carbons (Fsp3) is 0.333. The summed E-state index contributed by atoms with van der Waals surface area (Å²) in [7, 11) is 0. The minimum Gasteiger partial charge on any atom is -0.397 e. The van der Waals surface area contributed by atoms with Gasteiger partial charge in [0.15, 0.2) is 0 Å². The zero-order chi connectivity index (χ0) is 13.5. The van der Waals surface area contributed by atoms with Crippen molar-refractivity contribution in [2.75, 3.05) is 24.1 Å². The molecule has 0 aromatic heterocycles. The van der Waals surface area contributed by atoms with Gasteiger partial charge in [0.25, 0.3) is 5.91 Å². The quantitative estimate of drug-likeness (QED) is 0.544. The van der Waals surface area contributed by atoms with Crippen molar-refractivity contribution >= 4 is 23.2 Å². The summed E-state index contributed by atoms with van der Waals surface area (Å²) in [6.45, 7) is 2.80. The largest absolute Gasteiger partial charge is 0.397 e. The molecule has 1 aromatic carbocycles. The van der Waals surface area contributed by atoms with Crippen LogP contribution in [-0.4, -0.2) is 24.9 Å². The Balaban J connectivity index is 2.74. The molecule has 0 aliphatic rings. The highest BCUT2D eigenvalue weighted by atomic mass is 16.1. The first-order valence-corrected chi connectivity index (χ1v) is 5.74. The van der Waals surface area contributed by atoms with Gasteiger partial charge in [-0.3, -0.25) is 9.59 Å². The van der Waals surface area contributed by atoms with Crippen LogP contribution in [0.2, 0.25) is 0 Å². The molecule has 0 unspecified atom stereocenters. The van der Waals surface area contributed by atoms with E-state index in [0.717, 1.165) is 0 Å². The molecule has 0 aliphatic heterocycles. The fourth-order valence-electron chi connectivity index (χ4n) is 1.43. The van der Waals surface area contributed by atoms with E-state index in [2.05, 4.69) is 10.6 Å². The third kappa shape index (κ3) is 3.97. The van der Waals surface area contributed by atoms with Gasteiger partial charge in [-0.1, -0.05) is 0 Å². The Morgan fingerprint density at radius 1 is 1.33 bits per heavy atom. The molecular formula is C12H18N4O2. The lowest BCUT2D eigenvalue weighted by Crippen LogP contribution is -2.23. The number of anilines is 2. The van der Waals surface area contributed by atoms with Gasteiger partial charge in [0.2, 0.25) is 5.91 Å². The first kappa shape index (κ1) is 13.8. The maximum absolute atomic E-state index is 11.6. The molecule has 1 aromatic rings. The molecule has 18 heavy (non-hydrogen) atoms. The predicted octanol–water partition coefficient (Wildman–Crippen LogP) is 0.306. The summed E-state index contributed by atoms with van der Waals surface area (Å²) in [4.78, 5) is 22.3. The van der Waals surface area contributed by atoms with E-state index in [0.29, 0.717) is 30.0 Å². The van der Waals surface area contributed by atoms with Crippen molar-refractivity contribution in [3.63, 3.8) is 0 Å². The molecule has 6 N–H and O–H groups in total. The maximum Gasteiger partial charge on any atom is 0.251 e. The average molecular weight is 250 g/mol. The Bertz CT molecular complexity index is 446. The molecule has 0 aliphatic carbocycles. The minimum absolute atomic E-state index is 0.157. The second-order valence-electron chi connectivity index (χ2n) is 3.80. The van der Waals surface area contributed by atoms with Crippen LogP contribution in [0, 0.1) is 0 Å². The SMILES string of the molecule is CCNC(=O)c1ccc(N)c(NCCC(N)=O)c1. The number of rotatable bonds is 6. The van der Waals surface area contributed by atoms with Gasteiger partial charge >= 0.3 is 0 Å². The number of nitrogens with two attached hydrogens (primary N) is 2. The molecule has 2 amide bonds. The summed E-state index contributed by atoms with van der Waals surface area (Å²) in [6.07, 6.45) is 0.213. The van der Waals surface area contributed by atoms with E-state index < -0.39 is 0 Å². The van der Waals surface area contributed by atoms with Crippen LogP contribution in [0.1, 0.15) is 23.7 Å². The molecule has 0 fully saturated rings. The highest BCUT2D eigenvalue weighted by Gasteiger charge is 2.07. The first-order chi connectivity index (χ1) is 8.54. The van der Waals surface area contributed by atoms with Crippen molar-refractivity contribution in [3.8, 4) is 0 Å². The molecule has 0 bridgehead atoms. The molecule has 6 nitrogen and oxygen atoms in total. The van der Waals surface area contributed by atoms with Gasteiger partial charge in [-0.05, 0) is 25.1 Å². The Morgan fingerprint density at radius 3 is 2.67 bits per heavy atom. The van der Waals surface area contributed by atoms with Gasteiger partial charge in [0.05, 0.1) is 11.4 Å². The Hall–Kier alpha value is -2.24. The van der Waals surface area contributed by atoms with E-state index in [9.17, 15) is 9.59 Å². The molecule has 0 radical (unpaired) electrons. The highest BCUT2D eigenvalue weighted by molar-refractivity contribution is 5.96. The van der Waals surface area contributed by atoms with Gasteiger partial charge in [0.1, 0.15) is 0 Å². The zero-order valence-corrected chi connectivity index (χ0v) is 10.3. The zero-order valence-electron chi connectivity index (χ0n) is 10.3. The molecule has 0 spiro atoms. The number of benzene rings is 1. The standard InChI is InChI=1S/C12H18N4O2/c1-2-15-12(18)8-3-4-9(13)10(7-8)16-6-5-11(14)17/h3-4,7,16H,2,5-6,13H2,1H3,(H2,14,17)(H,15,18). The van der Waals surface area contributed by atoms with Crippen molar-refractivity contribution in [1.29, 1.82) is 0 Å². The van der Waals surface area contributed by atoms with Crippen molar-refractivity contribution < 1.29 is 9.59 Å². The van der Waals surface area contributed by atoms with Crippen LogP contribution in [0.3, 0.4) is 0 Å². The molecule has 0 heterocycles. The molecular weight excluding hydrogens is 232 g/mol. The molecule has 0 saturated carbocycles. The third-order valence-corrected chi connectivity index (χ3v) is 2.34. The van der Waals surface area contributed by atoms with Crippen molar-refractivity contribution in [1.82, 2.24) is 5.32 Å². The molecule has 0 atom stereocenters. The number of carbonyl (C=O) groups is 2. The van der Waals surface area contributed by atoms with Crippen LogP contribution in [0.15, 0.2) is 18.2 Å². The Morgan fingerprint density at radius 2 is 2.06 bits per heavy atom. The second kappa shape index (κ2) is 6.48. The summed E-state index contributed by atoms with van der Waals surface area (Å²) in [6, 6.07) is 4.96. The number of hydrogen-bond acceptors (Lipinski definition) is 4. The topological polar surface area (TPSA) is 110 Å². The summed E-state index contributed by atoms with van der Waals surface area (Å²) in [5, 5.41) is 5.68. The lowest BCUT2D eigenvalue weighted by molar-refractivity contribution is -0.117. The number of amides is 2. The van der Waals surface area contributed by atoms with Crippen molar-refractivity contribution in [3.05, 3.63) is 23.8 Å². The molecule has 0 saturated heterocycles. The fourth-order valence-corrected chi connectivity index (χ4v) is 1.43. The van der Waals surface area contributed by atoms with Crippen molar-refractivity contribution in [2.24, 2.45) is 5.73 Å². The van der Waals surface area contributed by atoms with E-state index in [-0.39, 0.29) is 18.2 Å². The molecule has 6 heteroatoms. The van der Waals surface area contributed by atoms with Gasteiger partial charge in [-0.2, -0.15) is 0 Å². The summed E-state index contributed by atoms with van der Waals surface area (Å²) >= 11 is 0. The minimum atomic E-state index is -0.388. The lowest BCUT2D eigenvalue weighted by Gasteiger charge is -2.10. The third-order valence-electron chi connectivity index (χ3n) is 2.34. The number of carbonyl (C=O) groups excluding carboxylic acids is 2. The Kier molecular flexibility index (Phi) is 4.98. The summed E-state index contributed by atoms with van der Waals surface area (Å²) in [5.41, 5.74) is 12.5. The van der Waals surface area contributed by atoms with Gasteiger partial charge in [-0.25, -0.2) is 0 Å². The van der Waals surface area contributed by atoms with E-state index in [1.165, 1.54) is 0 Å². The van der Waals surface area contributed by atoms with Gasteiger partial charge < -0.3 is 22.1 Å². The normalized spacial score (nSPS) is 9.83. The van der Waals surface area contributed by atoms with Crippen LogP contribution >= 0.6 is 0 Å². The second-order valence-corrected chi connectivity index (χ2v) is 3.80. The van der Waals surface area contributed by atoms with Crippen molar-refractivity contribution in [2.45, 2.75) is 13.3 Å². The van der Waals surface area contributed by atoms with Crippen LogP contribution in [0.25, 0.3) is 0 Å². The smallest absolute Gasteiger partial charge is 0.251 e. The number of primary amides is 1. The molecule has 98 valence electrons. The molecule has 1 rings (SSSR count). The van der Waals surface area contributed by atoms with Gasteiger partial charge in [0, 0.05) is 25.1 Å². The van der Waals surface area contributed by atoms with E-state index in [1.807, 2.05) is 6.92 Å². The van der Waals surface area contributed by atoms with Crippen LogP contribution in [0.5, 0.6) is 0 Å². The summed E-state index contributed by atoms with van der Waals surface area (Å²) < 4.78 is 0. The van der Waals surface area contributed by atoms with Crippen LogP contribution in [-0.2, 0) is 4.79 Å². The van der Waals surface area contributed by atoms with E-state index in [4.69, 9.17) is 11.5 Å². The van der Waals surface area contributed by atoms with E-state index >= 15 is 0 Å². The maximum atomic E-state index is 11.6. The number of hydrogen-bond donors (Lipinski definition) is 4. The monoisotopic (exact) mass is 250 g/mol. The van der Waals surface area contributed by atoms with Crippen LogP contribution in [0.4, 0.5) is 11.4 Å². The Labute approximate surface area is 106 Å². The summed E-state index contributed by atoms with van der Waals surface area (Å²) in [5.74, 6) is -0.545. The highest BCUT2D eigenvalue weighted by Crippen LogP contribution is 2.19. The predicted molar refractivity (Wildman–Crippen MR) is 71.2 cm³/mol. The number of nitrogen functional groups attached to an aromatic ring is 1. The number of nitrogens with one attached hydrogen (secondary N) is 2. The lowest BCUT2D eigenvalue weighted by atomic mass is 10.1. The van der Waals surface area contributed by atoms with Gasteiger partial charge in [-0.15, -0.1) is 0 Å². The van der Waals surface area contributed by atoms with Crippen LogP contribution < -0.4 is 22.1 Å². The van der Waals surface area contributed by atoms with E-state index in [1.54, 1.807) is 18.2 Å². The first-order valence-electron chi connectivity index (χ1n) is 5.74.